The van der Waals surface area contributed by atoms with Crippen LogP contribution in [0.25, 0.3) is 0 Å². The number of carbonyl (C=O) groups excluding carboxylic acids is 1. The molecule has 0 spiro atoms. The first-order chi connectivity index (χ1) is 5.22. The van der Waals surface area contributed by atoms with Gasteiger partial charge in [-0.05, 0) is 0 Å². The van der Waals surface area contributed by atoms with E-state index < -0.39 is 11.8 Å². The van der Waals surface area contributed by atoms with Crippen molar-refractivity contribution in [2.45, 2.75) is 0 Å². The lowest BCUT2D eigenvalue weighted by atomic mass is 10.1. The van der Waals surface area contributed by atoms with Crippen LogP contribution in [0.15, 0.2) is 30.3 Å². The van der Waals surface area contributed by atoms with E-state index in [1.54, 1.807) is 18.2 Å². The number of hydrogen-bond donors (Lipinski definition) is 1. The molecule has 0 aromatic heterocycles. The van der Waals surface area contributed by atoms with Gasteiger partial charge in [0.2, 0.25) is 0 Å². The van der Waals surface area contributed by atoms with E-state index >= 15 is 0 Å². The molecule has 64 valence electrons. The number of carbonyl (C=O) groups is 2. The molecule has 0 saturated carbocycles. The summed E-state index contributed by atoms with van der Waals surface area (Å²) in [5.41, 5.74) is 0.208. The molecule has 1 rings (SSSR count). The van der Waals surface area contributed by atoms with Crippen LogP contribution in [0.1, 0.15) is 10.4 Å². The van der Waals surface area contributed by atoms with Crippen LogP contribution in [0.2, 0.25) is 0 Å². The van der Waals surface area contributed by atoms with Gasteiger partial charge in [0.05, 0.1) is 0 Å². The van der Waals surface area contributed by atoms with E-state index in [0.717, 1.165) is 0 Å². The number of ketones is 1. The first kappa shape index (κ1) is 10.7. The summed E-state index contributed by atoms with van der Waals surface area (Å²) >= 11 is 0. The van der Waals surface area contributed by atoms with Crippen LogP contribution in [0.5, 0.6) is 0 Å². The van der Waals surface area contributed by atoms with Crippen molar-refractivity contribution in [3.8, 4) is 0 Å². The zero-order valence-corrected chi connectivity index (χ0v) is 7.15. The van der Waals surface area contributed by atoms with E-state index in [1.165, 1.54) is 12.1 Å². The van der Waals surface area contributed by atoms with Gasteiger partial charge in [0.25, 0.3) is 5.78 Å². The van der Waals surface area contributed by atoms with Crippen LogP contribution in [0.4, 0.5) is 0 Å². The highest BCUT2D eigenvalue weighted by molar-refractivity contribution is 7.59. The number of carboxylic acids is 1. The van der Waals surface area contributed by atoms with E-state index in [4.69, 9.17) is 5.11 Å². The number of rotatable bonds is 2. The van der Waals surface area contributed by atoms with Crippen LogP contribution >= 0.6 is 13.5 Å². The van der Waals surface area contributed by atoms with Crippen molar-refractivity contribution in [3.05, 3.63) is 35.9 Å². The lowest BCUT2D eigenvalue weighted by Crippen LogP contribution is -2.12. The fraction of sp³-hybridized carbons (Fsp3) is 0. The predicted molar refractivity (Wildman–Crippen MR) is 48.8 cm³/mol. The molecule has 0 bridgehead atoms. The summed E-state index contributed by atoms with van der Waals surface area (Å²) in [6.07, 6.45) is 0. The Morgan fingerprint density at radius 2 is 1.58 bits per heavy atom. The van der Waals surface area contributed by atoms with Crippen molar-refractivity contribution in [1.82, 2.24) is 0 Å². The third-order valence-electron chi connectivity index (χ3n) is 1.23. The second-order valence-electron chi connectivity index (χ2n) is 2.00. The van der Waals surface area contributed by atoms with Gasteiger partial charge in [-0.3, -0.25) is 4.79 Å². The Kier molecular flexibility index (Phi) is 4.07. The quantitative estimate of drug-likeness (QED) is 0.552. The van der Waals surface area contributed by atoms with Gasteiger partial charge in [-0.25, -0.2) is 4.79 Å². The Morgan fingerprint density at radius 3 is 2.00 bits per heavy atom. The molecule has 0 fully saturated rings. The highest BCUT2D eigenvalue weighted by Crippen LogP contribution is 1.98. The van der Waals surface area contributed by atoms with Gasteiger partial charge in [-0.15, -0.1) is 0 Å². The van der Waals surface area contributed by atoms with Crippen molar-refractivity contribution >= 4 is 25.2 Å². The molecule has 0 amide bonds. The fourth-order valence-electron chi connectivity index (χ4n) is 0.713. The van der Waals surface area contributed by atoms with Gasteiger partial charge < -0.3 is 5.11 Å². The number of Topliss-reactive ketones (excluding diaryl/α,β-unsaturated/α-hetero) is 1. The highest BCUT2D eigenvalue weighted by Gasteiger charge is 2.12. The molecule has 0 atom stereocenters. The molecule has 12 heavy (non-hydrogen) atoms. The van der Waals surface area contributed by atoms with Crippen LogP contribution in [0, 0.1) is 0 Å². The SMILES string of the molecule is O=C(O)C(=O)c1ccccc1.S. The molecular weight excluding hydrogens is 176 g/mol. The minimum absolute atomic E-state index is 0. The molecular formula is C8H8O3S. The summed E-state index contributed by atoms with van der Waals surface area (Å²) in [4.78, 5) is 20.9. The largest absolute Gasteiger partial charge is 0.475 e. The summed E-state index contributed by atoms with van der Waals surface area (Å²) < 4.78 is 0. The number of carboxylic acid groups (broad SMARTS) is 1. The first-order valence-corrected chi connectivity index (χ1v) is 3.04. The molecule has 0 unspecified atom stereocenters. The van der Waals surface area contributed by atoms with Gasteiger partial charge in [-0.1, -0.05) is 30.3 Å². The Hall–Kier alpha value is -1.29. The maximum absolute atomic E-state index is 10.7. The Labute approximate surface area is 76.5 Å². The van der Waals surface area contributed by atoms with Crippen molar-refractivity contribution in [2.75, 3.05) is 0 Å². The maximum Gasteiger partial charge on any atom is 0.377 e. The lowest BCUT2D eigenvalue weighted by Gasteiger charge is -1.91. The minimum Gasteiger partial charge on any atom is -0.475 e. The standard InChI is InChI=1S/C8H6O3.H2S/c9-7(8(10)11)6-4-2-1-3-5-6;/h1-5H,(H,10,11);1H2. The molecule has 0 aliphatic heterocycles. The van der Waals surface area contributed by atoms with Crippen LogP contribution in [0.3, 0.4) is 0 Å². The minimum atomic E-state index is -1.42. The third kappa shape index (κ3) is 2.39. The lowest BCUT2D eigenvalue weighted by molar-refractivity contribution is -0.131. The normalized spacial score (nSPS) is 8.33. The Bertz CT molecular complexity index is 282. The van der Waals surface area contributed by atoms with Crippen LogP contribution in [-0.4, -0.2) is 16.9 Å². The number of aliphatic carboxylic acids is 1. The van der Waals surface area contributed by atoms with Crippen molar-refractivity contribution < 1.29 is 14.7 Å². The molecule has 1 N–H and O–H groups in total. The molecule has 3 nitrogen and oxygen atoms in total. The van der Waals surface area contributed by atoms with Crippen molar-refractivity contribution in [2.24, 2.45) is 0 Å². The monoisotopic (exact) mass is 184 g/mol. The van der Waals surface area contributed by atoms with E-state index in [9.17, 15) is 9.59 Å². The summed E-state index contributed by atoms with van der Waals surface area (Å²) in [7, 11) is 0. The van der Waals surface area contributed by atoms with E-state index in [2.05, 4.69) is 0 Å². The zero-order valence-electron chi connectivity index (χ0n) is 6.15. The van der Waals surface area contributed by atoms with Gasteiger partial charge in [0, 0.05) is 5.56 Å². The summed E-state index contributed by atoms with van der Waals surface area (Å²) in [6.45, 7) is 0. The summed E-state index contributed by atoms with van der Waals surface area (Å²) in [6, 6.07) is 7.90. The zero-order chi connectivity index (χ0) is 8.27. The second kappa shape index (κ2) is 4.56. The Balaban J connectivity index is 0.00000121. The molecule has 0 aliphatic carbocycles. The van der Waals surface area contributed by atoms with Crippen molar-refractivity contribution in [3.63, 3.8) is 0 Å². The summed E-state index contributed by atoms with van der Waals surface area (Å²) in [5.74, 6) is -2.29. The van der Waals surface area contributed by atoms with Crippen LogP contribution < -0.4 is 0 Å². The van der Waals surface area contributed by atoms with Crippen molar-refractivity contribution in [1.29, 1.82) is 0 Å². The average Bonchev–Trinajstić information content (AvgIpc) is 2.05. The predicted octanol–water partition coefficient (Wildman–Crippen LogP) is 1.07. The van der Waals surface area contributed by atoms with E-state index in [1.807, 2.05) is 0 Å². The molecule has 0 saturated heterocycles. The Morgan fingerprint density at radius 1 is 1.08 bits per heavy atom. The van der Waals surface area contributed by atoms with Gasteiger partial charge in [0.15, 0.2) is 0 Å². The third-order valence-corrected chi connectivity index (χ3v) is 1.23. The average molecular weight is 184 g/mol. The molecule has 1 aromatic carbocycles. The van der Waals surface area contributed by atoms with Gasteiger partial charge in [-0.2, -0.15) is 13.5 Å². The maximum atomic E-state index is 10.7. The summed E-state index contributed by atoms with van der Waals surface area (Å²) in [5, 5.41) is 8.29. The fourth-order valence-corrected chi connectivity index (χ4v) is 0.713. The van der Waals surface area contributed by atoms with Crippen LogP contribution in [-0.2, 0) is 4.79 Å². The van der Waals surface area contributed by atoms with Gasteiger partial charge >= 0.3 is 5.97 Å². The highest BCUT2D eigenvalue weighted by atomic mass is 32.1. The molecule has 0 aliphatic rings. The first-order valence-electron chi connectivity index (χ1n) is 3.04. The van der Waals surface area contributed by atoms with E-state index in [-0.39, 0.29) is 19.1 Å². The number of hydrogen-bond acceptors (Lipinski definition) is 2. The molecule has 4 heteroatoms. The van der Waals surface area contributed by atoms with Gasteiger partial charge in [0.1, 0.15) is 0 Å². The molecule has 0 radical (unpaired) electrons. The topological polar surface area (TPSA) is 54.4 Å². The van der Waals surface area contributed by atoms with E-state index in [0.29, 0.717) is 0 Å². The molecule has 1 aromatic rings. The molecule has 0 heterocycles. The smallest absolute Gasteiger partial charge is 0.377 e. The second-order valence-corrected chi connectivity index (χ2v) is 2.00. The number of benzene rings is 1.